The molecule has 0 N–H and O–H groups in total. The Morgan fingerprint density at radius 1 is 1.29 bits per heavy atom. The SMILES string of the molecule is C=CCOCc1ccc2ccccn12. The Morgan fingerprint density at radius 3 is 3.07 bits per heavy atom. The summed E-state index contributed by atoms with van der Waals surface area (Å²) in [6.07, 6.45) is 3.80. The Morgan fingerprint density at radius 2 is 2.21 bits per heavy atom. The minimum Gasteiger partial charge on any atom is -0.371 e. The van der Waals surface area contributed by atoms with Gasteiger partial charge in [0.15, 0.2) is 0 Å². The normalized spacial score (nSPS) is 10.6. The van der Waals surface area contributed by atoms with Crippen molar-refractivity contribution in [3.05, 3.63) is 54.9 Å². The predicted octanol–water partition coefficient (Wildman–Crippen LogP) is 2.64. The molecule has 0 radical (unpaired) electrons. The highest BCUT2D eigenvalue weighted by Crippen LogP contribution is 2.10. The van der Waals surface area contributed by atoms with Crippen molar-refractivity contribution in [2.75, 3.05) is 6.61 Å². The molecule has 0 atom stereocenters. The van der Waals surface area contributed by atoms with Crippen LogP contribution in [0, 0.1) is 0 Å². The van der Waals surface area contributed by atoms with Crippen LogP contribution in [0.2, 0.25) is 0 Å². The van der Waals surface area contributed by atoms with Crippen LogP contribution in [0.15, 0.2) is 49.2 Å². The van der Waals surface area contributed by atoms with Gasteiger partial charge in [0.1, 0.15) is 0 Å². The molecular formula is C12H13NO. The van der Waals surface area contributed by atoms with Gasteiger partial charge in [-0.15, -0.1) is 6.58 Å². The van der Waals surface area contributed by atoms with Crippen LogP contribution in [-0.4, -0.2) is 11.0 Å². The Kier molecular flexibility index (Phi) is 2.65. The van der Waals surface area contributed by atoms with Crippen LogP contribution in [0.4, 0.5) is 0 Å². The van der Waals surface area contributed by atoms with E-state index >= 15 is 0 Å². The summed E-state index contributed by atoms with van der Waals surface area (Å²) < 4.78 is 7.52. The number of hydrogen-bond donors (Lipinski definition) is 0. The van der Waals surface area contributed by atoms with Crippen molar-refractivity contribution in [2.45, 2.75) is 6.61 Å². The van der Waals surface area contributed by atoms with Crippen molar-refractivity contribution in [3.63, 3.8) is 0 Å². The van der Waals surface area contributed by atoms with Gasteiger partial charge in [0.05, 0.1) is 13.2 Å². The molecule has 0 aromatic carbocycles. The molecule has 2 aromatic heterocycles. The molecule has 2 heteroatoms. The maximum absolute atomic E-state index is 5.40. The van der Waals surface area contributed by atoms with E-state index in [2.05, 4.69) is 29.2 Å². The van der Waals surface area contributed by atoms with Crippen molar-refractivity contribution in [3.8, 4) is 0 Å². The summed E-state index contributed by atoms with van der Waals surface area (Å²) >= 11 is 0. The predicted molar refractivity (Wildman–Crippen MR) is 57.3 cm³/mol. The maximum Gasteiger partial charge on any atom is 0.0875 e. The Hall–Kier alpha value is -1.54. The fourth-order valence-corrected chi connectivity index (χ4v) is 1.48. The molecule has 0 aliphatic carbocycles. The maximum atomic E-state index is 5.40. The molecule has 2 nitrogen and oxygen atoms in total. The number of pyridine rings is 1. The van der Waals surface area contributed by atoms with Gasteiger partial charge in [-0.1, -0.05) is 12.1 Å². The molecule has 72 valence electrons. The standard InChI is InChI=1S/C12H13NO/c1-2-9-14-10-12-7-6-11-5-3-4-8-13(11)12/h2-8H,1,9-10H2. The zero-order valence-electron chi connectivity index (χ0n) is 8.02. The molecule has 14 heavy (non-hydrogen) atoms. The lowest BCUT2D eigenvalue weighted by Crippen LogP contribution is -1.96. The first kappa shape index (κ1) is 9.03. The second kappa shape index (κ2) is 4.11. The smallest absolute Gasteiger partial charge is 0.0875 e. The van der Waals surface area contributed by atoms with E-state index < -0.39 is 0 Å². The zero-order valence-corrected chi connectivity index (χ0v) is 8.02. The average molecular weight is 187 g/mol. The Labute approximate surface area is 83.4 Å². The molecule has 0 aliphatic rings. The summed E-state index contributed by atoms with van der Waals surface area (Å²) in [5.41, 5.74) is 2.37. The summed E-state index contributed by atoms with van der Waals surface area (Å²) in [7, 11) is 0. The molecule has 0 unspecified atom stereocenters. The van der Waals surface area contributed by atoms with Gasteiger partial charge in [0.25, 0.3) is 0 Å². The number of nitrogens with zero attached hydrogens (tertiary/aromatic N) is 1. The van der Waals surface area contributed by atoms with Gasteiger partial charge in [-0.3, -0.25) is 0 Å². The monoisotopic (exact) mass is 187 g/mol. The fourth-order valence-electron chi connectivity index (χ4n) is 1.48. The van der Waals surface area contributed by atoms with Gasteiger partial charge in [-0.05, 0) is 24.3 Å². The first-order valence-corrected chi connectivity index (χ1v) is 4.65. The van der Waals surface area contributed by atoms with E-state index in [9.17, 15) is 0 Å². The van der Waals surface area contributed by atoms with E-state index in [4.69, 9.17) is 4.74 Å². The van der Waals surface area contributed by atoms with Crippen LogP contribution >= 0.6 is 0 Å². The van der Waals surface area contributed by atoms with E-state index in [-0.39, 0.29) is 0 Å². The van der Waals surface area contributed by atoms with Gasteiger partial charge in [-0.25, -0.2) is 0 Å². The summed E-state index contributed by atoms with van der Waals surface area (Å²) in [4.78, 5) is 0. The molecule has 0 amide bonds. The second-order valence-corrected chi connectivity index (χ2v) is 3.12. The van der Waals surface area contributed by atoms with Crippen LogP contribution in [0.1, 0.15) is 5.69 Å². The third kappa shape index (κ3) is 1.70. The lowest BCUT2D eigenvalue weighted by atomic mass is 10.4. The third-order valence-electron chi connectivity index (χ3n) is 2.13. The summed E-state index contributed by atoms with van der Waals surface area (Å²) in [5, 5.41) is 0. The molecule has 2 heterocycles. The van der Waals surface area contributed by atoms with Crippen molar-refractivity contribution < 1.29 is 4.74 Å². The molecule has 0 saturated carbocycles. The van der Waals surface area contributed by atoms with Crippen LogP contribution < -0.4 is 0 Å². The molecule has 0 saturated heterocycles. The van der Waals surface area contributed by atoms with Crippen molar-refractivity contribution in [1.29, 1.82) is 0 Å². The third-order valence-corrected chi connectivity index (χ3v) is 2.13. The van der Waals surface area contributed by atoms with Crippen LogP contribution in [0.3, 0.4) is 0 Å². The number of fused-ring (bicyclic) bond motifs is 1. The van der Waals surface area contributed by atoms with Crippen molar-refractivity contribution >= 4 is 5.52 Å². The van der Waals surface area contributed by atoms with Gasteiger partial charge >= 0.3 is 0 Å². The minimum atomic E-state index is 0.597. The van der Waals surface area contributed by atoms with E-state index in [1.807, 2.05) is 18.3 Å². The highest BCUT2D eigenvalue weighted by atomic mass is 16.5. The van der Waals surface area contributed by atoms with E-state index in [0.717, 1.165) is 0 Å². The van der Waals surface area contributed by atoms with Gasteiger partial charge < -0.3 is 9.14 Å². The molecule has 0 aliphatic heterocycles. The highest BCUT2D eigenvalue weighted by Gasteiger charge is 1.99. The minimum absolute atomic E-state index is 0.597. The van der Waals surface area contributed by atoms with Crippen LogP contribution in [0.25, 0.3) is 5.52 Å². The average Bonchev–Trinajstić information content (AvgIpc) is 2.63. The first-order chi connectivity index (χ1) is 6.92. The summed E-state index contributed by atoms with van der Waals surface area (Å²) in [6.45, 7) is 4.84. The number of ether oxygens (including phenoxy) is 1. The van der Waals surface area contributed by atoms with Gasteiger partial charge in [0.2, 0.25) is 0 Å². The quantitative estimate of drug-likeness (QED) is 0.530. The van der Waals surface area contributed by atoms with E-state index in [1.165, 1.54) is 11.2 Å². The molecule has 0 fully saturated rings. The van der Waals surface area contributed by atoms with E-state index in [0.29, 0.717) is 13.2 Å². The van der Waals surface area contributed by atoms with Crippen LogP contribution in [-0.2, 0) is 11.3 Å². The van der Waals surface area contributed by atoms with Gasteiger partial charge in [0, 0.05) is 17.4 Å². The number of hydrogen-bond acceptors (Lipinski definition) is 1. The first-order valence-electron chi connectivity index (χ1n) is 4.65. The number of aromatic nitrogens is 1. The van der Waals surface area contributed by atoms with Gasteiger partial charge in [-0.2, -0.15) is 0 Å². The van der Waals surface area contributed by atoms with Crippen molar-refractivity contribution in [2.24, 2.45) is 0 Å². The zero-order chi connectivity index (χ0) is 9.80. The molecule has 0 bridgehead atoms. The topological polar surface area (TPSA) is 13.6 Å². The lowest BCUT2D eigenvalue weighted by molar-refractivity contribution is 0.145. The molecule has 0 spiro atoms. The van der Waals surface area contributed by atoms with E-state index in [1.54, 1.807) is 6.08 Å². The Bertz CT molecular complexity index is 431. The molecular weight excluding hydrogens is 174 g/mol. The fraction of sp³-hybridized carbons (Fsp3) is 0.167. The highest BCUT2D eigenvalue weighted by molar-refractivity contribution is 5.49. The second-order valence-electron chi connectivity index (χ2n) is 3.12. The molecule has 2 rings (SSSR count). The Balaban J connectivity index is 2.20. The molecule has 2 aromatic rings. The summed E-state index contributed by atoms with van der Waals surface area (Å²) in [6, 6.07) is 10.3. The number of rotatable bonds is 4. The van der Waals surface area contributed by atoms with Crippen molar-refractivity contribution in [1.82, 2.24) is 4.40 Å². The lowest BCUT2D eigenvalue weighted by Gasteiger charge is -2.02. The largest absolute Gasteiger partial charge is 0.371 e. The van der Waals surface area contributed by atoms with Crippen LogP contribution in [0.5, 0.6) is 0 Å². The summed E-state index contributed by atoms with van der Waals surface area (Å²) in [5.74, 6) is 0.